The Morgan fingerprint density at radius 3 is 2.67 bits per heavy atom. The molecule has 0 unspecified atom stereocenters. The van der Waals surface area contributed by atoms with E-state index in [-0.39, 0.29) is 23.9 Å². The fraction of sp³-hybridized carbons (Fsp3) is 0.400. The molecule has 7 heteroatoms. The Labute approximate surface area is 159 Å². The average Bonchev–Trinajstić information content (AvgIpc) is 2.71. The summed E-state index contributed by atoms with van der Waals surface area (Å²) in [5.74, 6) is -0.300. The van der Waals surface area contributed by atoms with Crippen molar-refractivity contribution in [3.63, 3.8) is 0 Å². The molecule has 144 valence electrons. The molecule has 2 aromatic rings. The van der Waals surface area contributed by atoms with E-state index in [1.54, 1.807) is 12.0 Å². The number of aromatic nitrogens is 2. The lowest BCUT2D eigenvalue weighted by Crippen LogP contribution is -2.37. The number of ether oxygens (including phenoxy) is 1. The third-order valence-electron chi connectivity index (χ3n) is 4.03. The van der Waals surface area contributed by atoms with Crippen molar-refractivity contribution in [3.8, 4) is 0 Å². The largest absolute Gasteiger partial charge is 0.385 e. The van der Waals surface area contributed by atoms with E-state index >= 15 is 0 Å². The normalized spacial score (nSPS) is 10.4. The van der Waals surface area contributed by atoms with Crippen LogP contribution in [0.5, 0.6) is 0 Å². The molecule has 0 saturated heterocycles. The second-order valence-corrected chi connectivity index (χ2v) is 6.06. The maximum absolute atomic E-state index is 12.6. The Kier molecular flexibility index (Phi) is 8.92. The number of nitrogens with one attached hydrogen (secondary N) is 1. The minimum absolute atomic E-state index is 0.0744. The third-order valence-corrected chi connectivity index (χ3v) is 4.03. The molecule has 0 bridgehead atoms. The summed E-state index contributed by atoms with van der Waals surface area (Å²) in [6, 6.07) is 9.99. The second kappa shape index (κ2) is 11.7. The number of amides is 2. The zero-order valence-electron chi connectivity index (χ0n) is 15.6. The van der Waals surface area contributed by atoms with Crippen LogP contribution in [0.4, 0.5) is 0 Å². The summed E-state index contributed by atoms with van der Waals surface area (Å²) in [6.45, 7) is 1.95. The lowest BCUT2D eigenvalue weighted by atomic mass is 10.1. The van der Waals surface area contributed by atoms with Gasteiger partial charge in [0.15, 0.2) is 0 Å². The molecule has 0 saturated carbocycles. The zero-order valence-corrected chi connectivity index (χ0v) is 15.6. The van der Waals surface area contributed by atoms with Gasteiger partial charge in [0, 0.05) is 52.2 Å². The maximum atomic E-state index is 12.6. The van der Waals surface area contributed by atoms with Crippen molar-refractivity contribution < 1.29 is 14.3 Å². The molecular weight excluding hydrogens is 344 g/mol. The van der Waals surface area contributed by atoms with Crippen molar-refractivity contribution in [1.82, 2.24) is 20.2 Å². The molecule has 27 heavy (non-hydrogen) atoms. The molecule has 0 radical (unpaired) electrons. The van der Waals surface area contributed by atoms with E-state index in [0.717, 1.165) is 6.42 Å². The monoisotopic (exact) mass is 370 g/mol. The Morgan fingerprint density at radius 1 is 1.15 bits per heavy atom. The van der Waals surface area contributed by atoms with E-state index in [2.05, 4.69) is 15.3 Å². The first-order valence-electron chi connectivity index (χ1n) is 9.05. The van der Waals surface area contributed by atoms with Crippen LogP contribution in [-0.4, -0.2) is 60.0 Å². The highest BCUT2D eigenvalue weighted by atomic mass is 16.5. The molecule has 0 fully saturated rings. The number of hydrogen-bond acceptors (Lipinski definition) is 5. The predicted octanol–water partition coefficient (Wildman–Crippen LogP) is 1.70. The van der Waals surface area contributed by atoms with Crippen molar-refractivity contribution in [1.29, 1.82) is 0 Å². The smallest absolute Gasteiger partial charge is 0.274 e. The van der Waals surface area contributed by atoms with Crippen LogP contribution in [0.25, 0.3) is 0 Å². The van der Waals surface area contributed by atoms with Crippen LogP contribution in [0.15, 0.2) is 48.9 Å². The highest BCUT2D eigenvalue weighted by molar-refractivity contribution is 5.92. The first kappa shape index (κ1) is 20.5. The summed E-state index contributed by atoms with van der Waals surface area (Å²) in [5.41, 5.74) is 1.45. The van der Waals surface area contributed by atoms with Crippen molar-refractivity contribution >= 4 is 11.8 Å². The van der Waals surface area contributed by atoms with Gasteiger partial charge in [0.05, 0.1) is 6.20 Å². The summed E-state index contributed by atoms with van der Waals surface area (Å²) in [5, 5.41) is 2.90. The van der Waals surface area contributed by atoms with Gasteiger partial charge < -0.3 is 15.0 Å². The number of methoxy groups -OCH3 is 1. The lowest BCUT2D eigenvalue weighted by Gasteiger charge is -2.22. The summed E-state index contributed by atoms with van der Waals surface area (Å²) >= 11 is 0. The molecule has 2 amide bonds. The van der Waals surface area contributed by atoms with Crippen LogP contribution in [-0.2, 0) is 16.0 Å². The molecule has 0 aliphatic heterocycles. The number of carbonyl (C=O) groups is 2. The summed E-state index contributed by atoms with van der Waals surface area (Å²) < 4.78 is 5.05. The maximum Gasteiger partial charge on any atom is 0.274 e. The minimum atomic E-state index is -0.226. The molecule has 0 spiro atoms. The second-order valence-electron chi connectivity index (χ2n) is 6.06. The van der Waals surface area contributed by atoms with Crippen LogP contribution < -0.4 is 5.32 Å². The molecule has 1 aromatic carbocycles. The molecule has 0 aliphatic carbocycles. The number of rotatable bonds is 11. The van der Waals surface area contributed by atoms with E-state index in [1.165, 1.54) is 24.2 Å². The highest BCUT2D eigenvalue weighted by Crippen LogP contribution is 2.04. The molecule has 7 nitrogen and oxygen atoms in total. The zero-order chi connectivity index (χ0) is 19.3. The van der Waals surface area contributed by atoms with Crippen LogP contribution in [0.3, 0.4) is 0 Å². The Hall–Kier alpha value is -2.80. The molecule has 2 rings (SSSR count). The van der Waals surface area contributed by atoms with Crippen LogP contribution in [0.2, 0.25) is 0 Å². The topological polar surface area (TPSA) is 84.4 Å². The Bertz CT molecular complexity index is 695. The van der Waals surface area contributed by atoms with Gasteiger partial charge in [0.2, 0.25) is 5.91 Å². The van der Waals surface area contributed by atoms with Gasteiger partial charge in [-0.15, -0.1) is 0 Å². The van der Waals surface area contributed by atoms with Crippen LogP contribution in [0.1, 0.15) is 28.9 Å². The lowest BCUT2D eigenvalue weighted by molar-refractivity contribution is -0.121. The average molecular weight is 370 g/mol. The summed E-state index contributed by atoms with van der Waals surface area (Å²) in [6.07, 6.45) is 6.16. The van der Waals surface area contributed by atoms with E-state index < -0.39 is 0 Å². The fourth-order valence-corrected chi connectivity index (χ4v) is 2.60. The predicted molar refractivity (Wildman–Crippen MR) is 102 cm³/mol. The fourth-order valence-electron chi connectivity index (χ4n) is 2.60. The Balaban J connectivity index is 1.81. The number of carbonyl (C=O) groups excluding carboxylic acids is 2. The summed E-state index contributed by atoms with van der Waals surface area (Å²) in [4.78, 5) is 34.3. The minimum Gasteiger partial charge on any atom is -0.385 e. The standard InChI is InChI=1S/C20H26N4O3/c1-27-15-5-13-24(20(26)18-16-21-11-12-22-18)14-9-19(25)23-10-8-17-6-3-2-4-7-17/h2-4,6-7,11-12,16H,5,8-10,13-15H2,1H3,(H,23,25). The third kappa shape index (κ3) is 7.53. The van der Waals surface area contributed by atoms with E-state index in [0.29, 0.717) is 32.7 Å². The number of hydrogen-bond donors (Lipinski definition) is 1. The number of benzene rings is 1. The summed E-state index contributed by atoms with van der Waals surface area (Å²) in [7, 11) is 1.62. The molecule has 0 atom stereocenters. The Morgan fingerprint density at radius 2 is 1.96 bits per heavy atom. The number of nitrogens with zero attached hydrogens (tertiary/aromatic N) is 3. The van der Waals surface area contributed by atoms with Crippen LogP contribution >= 0.6 is 0 Å². The van der Waals surface area contributed by atoms with Gasteiger partial charge in [-0.05, 0) is 18.4 Å². The van der Waals surface area contributed by atoms with Crippen molar-refractivity contribution in [2.45, 2.75) is 19.3 Å². The van der Waals surface area contributed by atoms with Gasteiger partial charge >= 0.3 is 0 Å². The van der Waals surface area contributed by atoms with E-state index in [4.69, 9.17) is 4.74 Å². The van der Waals surface area contributed by atoms with E-state index in [1.807, 2.05) is 30.3 Å². The van der Waals surface area contributed by atoms with Gasteiger partial charge in [-0.25, -0.2) is 4.98 Å². The van der Waals surface area contributed by atoms with Crippen LogP contribution in [0, 0.1) is 0 Å². The molecule has 1 N–H and O–H groups in total. The molecule has 0 aliphatic rings. The van der Waals surface area contributed by atoms with Crippen molar-refractivity contribution in [2.75, 3.05) is 33.4 Å². The SMILES string of the molecule is COCCCN(CCC(=O)NCCc1ccccc1)C(=O)c1cnccn1. The highest BCUT2D eigenvalue weighted by Gasteiger charge is 2.18. The van der Waals surface area contributed by atoms with E-state index in [9.17, 15) is 9.59 Å². The van der Waals surface area contributed by atoms with Crippen molar-refractivity contribution in [2.24, 2.45) is 0 Å². The van der Waals surface area contributed by atoms with Gasteiger partial charge in [-0.2, -0.15) is 0 Å². The molecular formula is C20H26N4O3. The molecule has 1 aromatic heterocycles. The van der Waals surface area contributed by atoms with Gasteiger partial charge in [-0.1, -0.05) is 30.3 Å². The quantitative estimate of drug-likeness (QED) is 0.609. The first-order chi connectivity index (χ1) is 13.2. The van der Waals surface area contributed by atoms with Gasteiger partial charge in [0.25, 0.3) is 5.91 Å². The molecule has 1 heterocycles. The van der Waals surface area contributed by atoms with Crippen molar-refractivity contribution in [3.05, 3.63) is 60.2 Å². The van der Waals surface area contributed by atoms with Gasteiger partial charge in [-0.3, -0.25) is 14.6 Å². The first-order valence-corrected chi connectivity index (χ1v) is 9.05. The van der Waals surface area contributed by atoms with Gasteiger partial charge in [0.1, 0.15) is 5.69 Å².